The second kappa shape index (κ2) is 6.75. The van der Waals surface area contributed by atoms with Crippen LogP contribution in [0.5, 0.6) is 5.75 Å². The van der Waals surface area contributed by atoms with Crippen molar-refractivity contribution in [2.24, 2.45) is 0 Å². The maximum atomic E-state index is 5.80. The van der Waals surface area contributed by atoms with E-state index in [0.717, 1.165) is 35.5 Å². The number of pyridine rings is 1. The van der Waals surface area contributed by atoms with Gasteiger partial charge < -0.3 is 10.1 Å². The Hall–Kier alpha value is -2.81. The monoisotopic (exact) mass is 316 g/mol. The summed E-state index contributed by atoms with van der Waals surface area (Å²) >= 11 is 0. The summed E-state index contributed by atoms with van der Waals surface area (Å²) in [6.45, 7) is 1.61. The number of nitrogens with zero attached hydrogens (tertiary/aromatic N) is 1. The van der Waals surface area contributed by atoms with Gasteiger partial charge in [-0.05, 0) is 42.2 Å². The first kappa shape index (κ1) is 14.8. The van der Waals surface area contributed by atoms with E-state index in [0.29, 0.717) is 6.61 Å². The van der Waals surface area contributed by atoms with Crippen molar-refractivity contribution in [3.8, 4) is 17.0 Å². The van der Waals surface area contributed by atoms with Gasteiger partial charge in [0.1, 0.15) is 12.4 Å². The molecule has 1 aliphatic rings. The lowest BCUT2D eigenvalue weighted by Crippen LogP contribution is -2.11. The first-order chi connectivity index (χ1) is 11.9. The molecule has 0 aliphatic carbocycles. The molecule has 0 saturated carbocycles. The fraction of sp³-hybridized carbons (Fsp3) is 0.190. The van der Waals surface area contributed by atoms with E-state index in [2.05, 4.69) is 40.6 Å². The lowest BCUT2D eigenvalue weighted by molar-refractivity contribution is 0.305. The predicted octanol–water partition coefficient (Wildman–Crippen LogP) is 4.69. The van der Waals surface area contributed by atoms with Crippen LogP contribution < -0.4 is 10.1 Å². The van der Waals surface area contributed by atoms with Gasteiger partial charge in [0.25, 0.3) is 0 Å². The minimum Gasteiger partial charge on any atom is -0.487 e. The molecule has 2 aromatic carbocycles. The topological polar surface area (TPSA) is 34.1 Å². The summed E-state index contributed by atoms with van der Waals surface area (Å²) in [5, 5.41) is 3.47. The van der Waals surface area contributed by atoms with E-state index >= 15 is 0 Å². The average molecular weight is 316 g/mol. The Labute approximate surface area is 142 Å². The maximum absolute atomic E-state index is 5.80. The van der Waals surface area contributed by atoms with Crippen molar-refractivity contribution in [1.82, 2.24) is 4.98 Å². The smallest absolute Gasteiger partial charge is 0.138 e. The van der Waals surface area contributed by atoms with Gasteiger partial charge in [-0.15, -0.1) is 0 Å². The number of hydrogen-bond donors (Lipinski definition) is 1. The van der Waals surface area contributed by atoms with Gasteiger partial charge in [0, 0.05) is 17.8 Å². The average Bonchev–Trinajstić information content (AvgIpc) is 2.67. The van der Waals surface area contributed by atoms with Crippen LogP contribution in [0, 0.1) is 0 Å². The van der Waals surface area contributed by atoms with Crippen molar-refractivity contribution in [3.63, 3.8) is 0 Å². The molecule has 0 radical (unpaired) electrons. The van der Waals surface area contributed by atoms with E-state index in [-0.39, 0.29) is 0 Å². The molecule has 3 nitrogen and oxygen atoms in total. The van der Waals surface area contributed by atoms with Crippen LogP contribution in [-0.4, -0.2) is 11.5 Å². The molecule has 0 spiro atoms. The third-order valence-corrected chi connectivity index (χ3v) is 4.33. The lowest BCUT2D eigenvalue weighted by atomic mass is 10.00. The zero-order valence-electron chi connectivity index (χ0n) is 13.5. The van der Waals surface area contributed by atoms with Gasteiger partial charge >= 0.3 is 0 Å². The Bertz CT molecular complexity index is 813. The molecule has 3 heteroatoms. The molecule has 0 fully saturated rings. The molecule has 2 heterocycles. The van der Waals surface area contributed by atoms with Crippen molar-refractivity contribution in [1.29, 1.82) is 0 Å². The van der Waals surface area contributed by atoms with Crippen LogP contribution >= 0.6 is 0 Å². The Balaban J connectivity index is 1.47. The van der Waals surface area contributed by atoms with Crippen LogP contribution in [-0.2, 0) is 13.0 Å². The molecule has 0 bridgehead atoms. The zero-order chi connectivity index (χ0) is 16.2. The standard InChI is InChI=1S/C21H20N2O/c1-2-5-16(6-3-1)15-24-19-10-11-20(23-14-19)18-9-8-17-7-4-12-22-21(17)13-18/h1-3,5-6,8-11,13-14,22H,4,7,12,15H2. The largest absolute Gasteiger partial charge is 0.487 e. The molecule has 4 rings (SSSR count). The van der Waals surface area contributed by atoms with Crippen molar-refractivity contribution < 1.29 is 4.74 Å². The van der Waals surface area contributed by atoms with Gasteiger partial charge in [0.05, 0.1) is 11.9 Å². The molecule has 24 heavy (non-hydrogen) atoms. The molecular weight excluding hydrogens is 296 g/mol. The van der Waals surface area contributed by atoms with Crippen LogP contribution in [0.4, 0.5) is 5.69 Å². The van der Waals surface area contributed by atoms with Gasteiger partial charge in [0.2, 0.25) is 0 Å². The normalized spacial score (nSPS) is 13.0. The number of hydrogen-bond acceptors (Lipinski definition) is 3. The van der Waals surface area contributed by atoms with Gasteiger partial charge in [-0.1, -0.05) is 42.5 Å². The fourth-order valence-electron chi connectivity index (χ4n) is 3.00. The summed E-state index contributed by atoms with van der Waals surface area (Å²) in [6, 6.07) is 20.7. The first-order valence-electron chi connectivity index (χ1n) is 8.38. The quantitative estimate of drug-likeness (QED) is 0.758. The summed E-state index contributed by atoms with van der Waals surface area (Å²) in [5.41, 5.74) is 5.90. The second-order valence-corrected chi connectivity index (χ2v) is 6.06. The van der Waals surface area contributed by atoms with E-state index in [4.69, 9.17) is 4.74 Å². The summed E-state index contributed by atoms with van der Waals surface area (Å²) in [4.78, 5) is 4.56. The number of aromatic nitrogens is 1. The summed E-state index contributed by atoms with van der Waals surface area (Å²) in [7, 11) is 0. The number of aryl methyl sites for hydroxylation is 1. The van der Waals surface area contributed by atoms with Crippen LogP contribution in [0.3, 0.4) is 0 Å². The number of benzene rings is 2. The molecule has 0 unspecified atom stereocenters. The van der Waals surface area contributed by atoms with Gasteiger partial charge in [-0.25, -0.2) is 0 Å². The molecular formula is C21H20N2O. The molecule has 1 N–H and O–H groups in total. The highest BCUT2D eigenvalue weighted by Gasteiger charge is 2.10. The highest BCUT2D eigenvalue weighted by atomic mass is 16.5. The molecule has 1 aromatic heterocycles. The third-order valence-electron chi connectivity index (χ3n) is 4.33. The van der Waals surface area contributed by atoms with Crippen LogP contribution in [0.1, 0.15) is 17.5 Å². The number of rotatable bonds is 4. The lowest BCUT2D eigenvalue weighted by Gasteiger charge is -2.18. The summed E-state index contributed by atoms with van der Waals surface area (Å²) in [6.07, 6.45) is 4.16. The van der Waals surface area contributed by atoms with E-state index in [1.54, 1.807) is 6.20 Å². The van der Waals surface area contributed by atoms with Crippen molar-refractivity contribution in [2.75, 3.05) is 11.9 Å². The number of fused-ring (bicyclic) bond motifs is 1. The molecule has 120 valence electrons. The molecule has 0 saturated heterocycles. The molecule has 0 atom stereocenters. The van der Waals surface area contributed by atoms with E-state index in [1.165, 1.54) is 17.7 Å². The predicted molar refractivity (Wildman–Crippen MR) is 97.3 cm³/mol. The van der Waals surface area contributed by atoms with Crippen LogP contribution in [0.25, 0.3) is 11.3 Å². The van der Waals surface area contributed by atoms with Crippen molar-refractivity contribution >= 4 is 5.69 Å². The van der Waals surface area contributed by atoms with Gasteiger partial charge in [-0.3, -0.25) is 4.98 Å². The minimum absolute atomic E-state index is 0.560. The summed E-state index contributed by atoms with van der Waals surface area (Å²) < 4.78 is 5.80. The highest BCUT2D eigenvalue weighted by molar-refractivity contribution is 5.68. The first-order valence-corrected chi connectivity index (χ1v) is 8.38. The Morgan fingerprint density at radius 2 is 1.92 bits per heavy atom. The number of nitrogens with one attached hydrogen (secondary N) is 1. The fourth-order valence-corrected chi connectivity index (χ4v) is 3.00. The number of anilines is 1. The summed E-state index contributed by atoms with van der Waals surface area (Å²) in [5.74, 6) is 0.790. The van der Waals surface area contributed by atoms with Crippen molar-refractivity contribution in [3.05, 3.63) is 78.0 Å². The second-order valence-electron chi connectivity index (χ2n) is 6.06. The maximum Gasteiger partial charge on any atom is 0.138 e. The van der Waals surface area contributed by atoms with Crippen molar-refractivity contribution in [2.45, 2.75) is 19.4 Å². The Morgan fingerprint density at radius 1 is 1.00 bits per heavy atom. The van der Waals surface area contributed by atoms with E-state index < -0.39 is 0 Å². The molecule has 1 aliphatic heterocycles. The SMILES string of the molecule is c1ccc(COc2ccc(-c3ccc4c(c3)NCCC4)nc2)cc1. The van der Waals surface area contributed by atoms with Crippen LogP contribution in [0.2, 0.25) is 0 Å². The number of ether oxygens (including phenoxy) is 1. The van der Waals surface area contributed by atoms with Crippen LogP contribution in [0.15, 0.2) is 66.9 Å². The molecule has 3 aromatic rings. The van der Waals surface area contributed by atoms with Gasteiger partial charge in [-0.2, -0.15) is 0 Å². The van der Waals surface area contributed by atoms with E-state index in [1.807, 2.05) is 30.3 Å². The van der Waals surface area contributed by atoms with E-state index in [9.17, 15) is 0 Å². The zero-order valence-corrected chi connectivity index (χ0v) is 13.5. The Morgan fingerprint density at radius 3 is 2.75 bits per heavy atom. The van der Waals surface area contributed by atoms with Gasteiger partial charge in [0.15, 0.2) is 0 Å². The Kier molecular flexibility index (Phi) is 4.15. The highest BCUT2D eigenvalue weighted by Crippen LogP contribution is 2.28. The third kappa shape index (κ3) is 3.25. The minimum atomic E-state index is 0.560. The molecule has 0 amide bonds.